The maximum Gasteiger partial charge on any atom is 0.407 e. The van der Waals surface area contributed by atoms with E-state index in [4.69, 9.17) is 9.47 Å². The summed E-state index contributed by atoms with van der Waals surface area (Å²) < 4.78 is 37.4. The molecule has 2 amide bonds. The Hall–Kier alpha value is -2.33. The molecule has 170 valence electrons. The van der Waals surface area contributed by atoms with Crippen molar-refractivity contribution < 1.29 is 27.5 Å². The molecule has 0 aliphatic rings. The molecular weight excluding hydrogens is 410 g/mol. The topological polar surface area (TPSA) is 114 Å². The molecule has 0 aliphatic heterocycles. The van der Waals surface area contributed by atoms with E-state index >= 15 is 0 Å². The summed E-state index contributed by atoms with van der Waals surface area (Å²) in [7, 11) is -0.987. The number of hydrogen-bond acceptors (Lipinski definition) is 6. The Balaban J connectivity index is 2.70. The second kappa shape index (κ2) is 10.6. The Labute approximate surface area is 179 Å². The highest BCUT2D eigenvalue weighted by molar-refractivity contribution is 7.89. The number of hydrogen-bond donors (Lipinski definition) is 2. The van der Waals surface area contributed by atoms with Gasteiger partial charge < -0.3 is 20.1 Å². The average Bonchev–Trinajstić information content (AvgIpc) is 2.62. The van der Waals surface area contributed by atoms with Crippen molar-refractivity contribution >= 4 is 22.0 Å². The van der Waals surface area contributed by atoms with Crippen LogP contribution in [0, 0.1) is 6.92 Å². The maximum absolute atomic E-state index is 13.1. The third kappa shape index (κ3) is 7.49. The largest absolute Gasteiger partial charge is 0.497 e. The lowest BCUT2D eigenvalue weighted by Crippen LogP contribution is -2.42. The van der Waals surface area contributed by atoms with Crippen LogP contribution in [0.5, 0.6) is 5.75 Å². The van der Waals surface area contributed by atoms with Crippen molar-refractivity contribution in [1.82, 2.24) is 14.9 Å². The number of sulfonamides is 1. The van der Waals surface area contributed by atoms with Crippen LogP contribution in [0.3, 0.4) is 0 Å². The zero-order chi connectivity index (χ0) is 23.1. The summed E-state index contributed by atoms with van der Waals surface area (Å²) in [5, 5.41) is 5.10. The molecule has 0 aliphatic carbocycles. The predicted octanol–water partition coefficient (Wildman–Crippen LogP) is 1.83. The first kappa shape index (κ1) is 25.7. The van der Waals surface area contributed by atoms with Gasteiger partial charge in [0.15, 0.2) is 0 Å². The van der Waals surface area contributed by atoms with E-state index in [2.05, 4.69) is 10.6 Å². The van der Waals surface area contributed by atoms with Crippen LogP contribution in [0.2, 0.25) is 0 Å². The molecule has 0 saturated heterocycles. The Morgan fingerprint density at radius 1 is 1.13 bits per heavy atom. The predicted molar refractivity (Wildman–Crippen MR) is 114 cm³/mol. The van der Waals surface area contributed by atoms with E-state index in [0.717, 1.165) is 4.31 Å². The van der Waals surface area contributed by atoms with Gasteiger partial charge in [-0.2, -0.15) is 4.31 Å². The van der Waals surface area contributed by atoms with Gasteiger partial charge in [0.1, 0.15) is 11.4 Å². The third-order valence-electron chi connectivity index (χ3n) is 4.09. The van der Waals surface area contributed by atoms with E-state index in [-0.39, 0.29) is 24.5 Å². The molecule has 1 aromatic carbocycles. The van der Waals surface area contributed by atoms with Crippen LogP contribution in [0.4, 0.5) is 4.79 Å². The summed E-state index contributed by atoms with van der Waals surface area (Å²) in [5.74, 6) is 0.109. The minimum Gasteiger partial charge on any atom is -0.497 e. The van der Waals surface area contributed by atoms with Crippen molar-refractivity contribution in [1.29, 1.82) is 0 Å². The molecule has 0 atom stereocenters. The highest BCUT2D eigenvalue weighted by Crippen LogP contribution is 2.28. The number of aryl methyl sites for hydroxylation is 2. The normalized spacial score (nSPS) is 11.9. The van der Waals surface area contributed by atoms with Gasteiger partial charge >= 0.3 is 6.09 Å². The van der Waals surface area contributed by atoms with Crippen LogP contribution in [0.1, 0.15) is 38.8 Å². The fourth-order valence-corrected chi connectivity index (χ4v) is 4.34. The van der Waals surface area contributed by atoms with Crippen molar-refractivity contribution in [2.75, 3.05) is 33.8 Å². The molecule has 2 N–H and O–H groups in total. The minimum atomic E-state index is -3.87. The number of benzene rings is 1. The van der Waals surface area contributed by atoms with Crippen LogP contribution < -0.4 is 15.4 Å². The molecule has 0 saturated carbocycles. The number of rotatable bonds is 9. The van der Waals surface area contributed by atoms with E-state index in [1.807, 2.05) is 6.92 Å². The molecule has 0 unspecified atom stereocenters. The van der Waals surface area contributed by atoms with Crippen molar-refractivity contribution in [3.05, 3.63) is 23.3 Å². The number of methoxy groups -OCH3 is 1. The smallest absolute Gasteiger partial charge is 0.407 e. The first-order valence-corrected chi connectivity index (χ1v) is 11.1. The number of likely N-dealkylation sites (N-methyl/N-ethyl adjacent to an activating group) is 1. The Morgan fingerprint density at radius 2 is 1.73 bits per heavy atom. The second-order valence-corrected chi connectivity index (χ2v) is 9.81. The number of carbonyl (C=O) groups excluding carboxylic acids is 2. The van der Waals surface area contributed by atoms with Gasteiger partial charge in [-0.05, 0) is 57.4 Å². The summed E-state index contributed by atoms with van der Waals surface area (Å²) in [6.45, 7) is 8.77. The molecular formula is C20H33N3O6S. The van der Waals surface area contributed by atoms with E-state index in [1.54, 1.807) is 39.8 Å². The SMILES string of the molecule is CCc1cc(OC)cc(C)c1S(=O)(=O)N(C)CC(=O)NCCNC(=O)OC(C)(C)C. The molecule has 0 heterocycles. The standard InChI is InChI=1S/C20H33N3O6S/c1-8-15-12-16(28-7)11-14(2)18(15)30(26,27)23(6)13-17(24)21-9-10-22-19(25)29-20(3,4)5/h11-12H,8-10,13H2,1-7H3,(H,21,24)(H,22,25). The first-order valence-electron chi connectivity index (χ1n) is 9.69. The van der Waals surface area contributed by atoms with Crippen molar-refractivity contribution in [2.45, 2.75) is 51.5 Å². The molecule has 1 aromatic rings. The lowest BCUT2D eigenvalue weighted by Gasteiger charge is -2.21. The van der Waals surface area contributed by atoms with Crippen LogP contribution >= 0.6 is 0 Å². The second-order valence-electron chi connectivity index (χ2n) is 7.83. The lowest BCUT2D eigenvalue weighted by molar-refractivity contribution is -0.121. The molecule has 1 rings (SSSR count). The number of amides is 2. The molecule has 0 radical (unpaired) electrons. The highest BCUT2D eigenvalue weighted by Gasteiger charge is 2.27. The van der Waals surface area contributed by atoms with Gasteiger partial charge in [0, 0.05) is 20.1 Å². The zero-order valence-electron chi connectivity index (χ0n) is 18.8. The fraction of sp³-hybridized carbons (Fsp3) is 0.600. The Kier molecular flexibility index (Phi) is 9.10. The quantitative estimate of drug-likeness (QED) is 0.563. The average molecular weight is 444 g/mol. The van der Waals surface area contributed by atoms with Gasteiger partial charge in [-0.3, -0.25) is 4.79 Å². The van der Waals surface area contributed by atoms with Crippen molar-refractivity contribution in [3.8, 4) is 5.75 Å². The monoisotopic (exact) mass is 443 g/mol. The first-order chi connectivity index (χ1) is 13.8. The molecule has 0 aromatic heterocycles. The fourth-order valence-electron chi connectivity index (χ4n) is 2.74. The summed E-state index contributed by atoms with van der Waals surface area (Å²) in [5.41, 5.74) is 0.571. The Morgan fingerprint density at radius 3 is 2.27 bits per heavy atom. The van der Waals surface area contributed by atoms with Crippen molar-refractivity contribution in [3.63, 3.8) is 0 Å². The maximum atomic E-state index is 13.1. The van der Waals surface area contributed by atoms with Gasteiger partial charge in [0.25, 0.3) is 0 Å². The third-order valence-corrected chi connectivity index (χ3v) is 6.14. The van der Waals surface area contributed by atoms with Gasteiger partial charge in [0.05, 0.1) is 18.6 Å². The summed E-state index contributed by atoms with van der Waals surface area (Å²) >= 11 is 0. The van der Waals surface area contributed by atoms with Crippen molar-refractivity contribution in [2.24, 2.45) is 0 Å². The lowest BCUT2D eigenvalue weighted by atomic mass is 10.1. The zero-order valence-corrected chi connectivity index (χ0v) is 19.6. The summed E-state index contributed by atoms with van der Waals surface area (Å²) in [4.78, 5) is 23.9. The number of nitrogens with zero attached hydrogens (tertiary/aromatic N) is 1. The van der Waals surface area contributed by atoms with Crippen LogP contribution in [0.15, 0.2) is 17.0 Å². The van der Waals surface area contributed by atoms with Crippen LogP contribution in [-0.4, -0.2) is 64.1 Å². The molecule has 0 fully saturated rings. The molecule has 10 heteroatoms. The molecule has 30 heavy (non-hydrogen) atoms. The van der Waals surface area contributed by atoms with E-state index in [9.17, 15) is 18.0 Å². The Bertz CT molecular complexity index is 862. The highest BCUT2D eigenvalue weighted by atomic mass is 32.2. The van der Waals surface area contributed by atoms with E-state index < -0.39 is 27.6 Å². The van der Waals surface area contributed by atoms with Crippen LogP contribution in [-0.2, 0) is 26.0 Å². The van der Waals surface area contributed by atoms with Gasteiger partial charge in [-0.25, -0.2) is 13.2 Å². The van der Waals surface area contributed by atoms with E-state index in [1.165, 1.54) is 14.2 Å². The number of alkyl carbamates (subject to hydrolysis) is 1. The number of ether oxygens (including phenoxy) is 2. The number of carbonyl (C=O) groups is 2. The van der Waals surface area contributed by atoms with E-state index in [0.29, 0.717) is 23.3 Å². The minimum absolute atomic E-state index is 0.147. The summed E-state index contributed by atoms with van der Waals surface area (Å²) in [6, 6.07) is 3.35. The summed E-state index contributed by atoms with van der Waals surface area (Å²) in [6.07, 6.45) is -0.0818. The number of nitrogens with one attached hydrogen (secondary N) is 2. The van der Waals surface area contributed by atoms with Gasteiger partial charge in [0.2, 0.25) is 15.9 Å². The van der Waals surface area contributed by atoms with Gasteiger partial charge in [-0.15, -0.1) is 0 Å². The molecule has 9 nitrogen and oxygen atoms in total. The molecule has 0 bridgehead atoms. The van der Waals surface area contributed by atoms with Crippen LogP contribution in [0.25, 0.3) is 0 Å². The van der Waals surface area contributed by atoms with Gasteiger partial charge in [-0.1, -0.05) is 6.92 Å². The molecule has 0 spiro atoms.